The van der Waals surface area contributed by atoms with E-state index in [4.69, 9.17) is 5.73 Å². The van der Waals surface area contributed by atoms with Crippen molar-refractivity contribution in [3.05, 3.63) is 29.5 Å². The standard InChI is InChI=1S/C15H20N6/c1-9-4-3-5-12-13(9)10(2)18-15(20-12)21-14(16)19-11-6-7-17-8-11/h3-5,11,17H,6-8H2,1-2H3,(H3,16,18,19,20,21)/t11-/m0/s1. The van der Waals surface area contributed by atoms with Gasteiger partial charge < -0.3 is 11.1 Å². The molecule has 0 amide bonds. The molecule has 1 aliphatic rings. The summed E-state index contributed by atoms with van der Waals surface area (Å²) < 4.78 is 0. The van der Waals surface area contributed by atoms with Crippen molar-refractivity contribution in [3.63, 3.8) is 0 Å². The number of nitrogens with two attached hydrogens (primary N) is 1. The molecule has 6 heteroatoms. The Balaban J connectivity index is 1.87. The number of rotatable bonds is 2. The lowest BCUT2D eigenvalue weighted by atomic mass is 10.1. The maximum absolute atomic E-state index is 5.94. The van der Waals surface area contributed by atoms with Gasteiger partial charge >= 0.3 is 0 Å². The Bertz CT molecular complexity index is 688. The highest BCUT2D eigenvalue weighted by atomic mass is 15.2. The molecule has 0 unspecified atom stereocenters. The third-order valence-electron chi connectivity index (χ3n) is 3.71. The molecule has 6 nitrogen and oxygen atoms in total. The van der Waals surface area contributed by atoms with E-state index in [1.165, 1.54) is 5.56 Å². The first-order chi connectivity index (χ1) is 10.1. The second-order valence-corrected chi connectivity index (χ2v) is 5.39. The number of hydrogen-bond donors (Lipinski definition) is 3. The zero-order valence-electron chi connectivity index (χ0n) is 12.3. The number of hydrogen-bond acceptors (Lipinski definition) is 4. The Kier molecular flexibility index (Phi) is 3.70. The number of aromatic nitrogens is 2. The van der Waals surface area contributed by atoms with Gasteiger partial charge in [0.1, 0.15) is 0 Å². The first-order valence-electron chi connectivity index (χ1n) is 7.18. The Morgan fingerprint density at radius 2 is 2.24 bits per heavy atom. The minimum Gasteiger partial charge on any atom is -0.370 e. The minimum atomic E-state index is 0.237. The van der Waals surface area contributed by atoms with Gasteiger partial charge in [-0.3, -0.25) is 5.32 Å². The van der Waals surface area contributed by atoms with E-state index in [2.05, 4.69) is 38.6 Å². The lowest BCUT2D eigenvalue weighted by Gasteiger charge is -2.10. The van der Waals surface area contributed by atoms with Gasteiger partial charge in [-0.2, -0.15) is 0 Å². The zero-order valence-corrected chi connectivity index (χ0v) is 12.3. The fourth-order valence-electron chi connectivity index (χ4n) is 2.72. The zero-order chi connectivity index (χ0) is 14.8. The number of nitrogens with zero attached hydrogens (tertiary/aromatic N) is 3. The lowest BCUT2D eigenvalue weighted by molar-refractivity contribution is 0.743. The monoisotopic (exact) mass is 284 g/mol. The van der Waals surface area contributed by atoms with Crippen LogP contribution in [0.25, 0.3) is 10.9 Å². The van der Waals surface area contributed by atoms with Gasteiger partial charge in [-0.15, -0.1) is 0 Å². The second-order valence-electron chi connectivity index (χ2n) is 5.39. The van der Waals surface area contributed by atoms with Gasteiger partial charge in [-0.1, -0.05) is 12.1 Å². The Morgan fingerprint density at radius 1 is 1.38 bits per heavy atom. The number of fused-ring (bicyclic) bond motifs is 1. The van der Waals surface area contributed by atoms with Gasteiger partial charge in [0.2, 0.25) is 5.95 Å². The molecule has 0 aliphatic carbocycles. The summed E-state index contributed by atoms with van der Waals surface area (Å²) in [6, 6.07) is 6.28. The summed E-state index contributed by atoms with van der Waals surface area (Å²) in [5, 5.41) is 7.35. The van der Waals surface area contributed by atoms with Crippen LogP contribution in [0.4, 0.5) is 5.95 Å². The van der Waals surface area contributed by atoms with E-state index in [1.807, 2.05) is 19.1 Å². The molecular weight excluding hydrogens is 264 g/mol. The SMILES string of the molecule is Cc1cccc2nc(NC(N)=N[C@H]3CCNC3)nc(C)c12. The summed E-state index contributed by atoms with van der Waals surface area (Å²) in [7, 11) is 0. The van der Waals surface area contributed by atoms with Crippen LogP contribution < -0.4 is 16.4 Å². The molecule has 0 saturated carbocycles. The van der Waals surface area contributed by atoms with Crippen molar-refractivity contribution < 1.29 is 0 Å². The molecule has 0 spiro atoms. The van der Waals surface area contributed by atoms with Crippen LogP contribution in [0.5, 0.6) is 0 Å². The van der Waals surface area contributed by atoms with Crippen LogP contribution in [0.1, 0.15) is 17.7 Å². The smallest absolute Gasteiger partial charge is 0.230 e. The molecule has 3 rings (SSSR count). The third-order valence-corrected chi connectivity index (χ3v) is 3.71. The Morgan fingerprint density at radius 3 is 3.00 bits per heavy atom. The van der Waals surface area contributed by atoms with Gasteiger partial charge in [0.05, 0.1) is 17.3 Å². The molecule has 0 radical (unpaired) electrons. The van der Waals surface area contributed by atoms with Crippen LogP contribution in [-0.2, 0) is 0 Å². The predicted octanol–water partition coefficient (Wildman–Crippen LogP) is 1.34. The molecule has 1 fully saturated rings. The Labute approximate surface area is 123 Å². The number of anilines is 1. The minimum absolute atomic E-state index is 0.237. The van der Waals surface area contributed by atoms with Crippen molar-refractivity contribution in [1.82, 2.24) is 15.3 Å². The molecule has 1 saturated heterocycles. The molecule has 2 aromatic rings. The molecule has 1 atom stereocenters. The van der Waals surface area contributed by atoms with Crippen LogP contribution >= 0.6 is 0 Å². The molecular formula is C15H20N6. The highest BCUT2D eigenvalue weighted by Gasteiger charge is 2.14. The average Bonchev–Trinajstić information content (AvgIpc) is 2.90. The maximum atomic E-state index is 5.94. The van der Waals surface area contributed by atoms with Crippen LogP contribution in [0, 0.1) is 13.8 Å². The van der Waals surface area contributed by atoms with E-state index in [-0.39, 0.29) is 6.04 Å². The van der Waals surface area contributed by atoms with Crippen LogP contribution in [-0.4, -0.2) is 35.1 Å². The van der Waals surface area contributed by atoms with Gasteiger partial charge in [0, 0.05) is 11.9 Å². The fraction of sp³-hybridized carbons (Fsp3) is 0.400. The van der Waals surface area contributed by atoms with E-state index >= 15 is 0 Å². The van der Waals surface area contributed by atoms with Crippen molar-refractivity contribution in [2.75, 3.05) is 18.4 Å². The van der Waals surface area contributed by atoms with Gasteiger partial charge in [0.25, 0.3) is 0 Å². The van der Waals surface area contributed by atoms with E-state index in [0.29, 0.717) is 11.9 Å². The molecule has 2 heterocycles. The fourth-order valence-corrected chi connectivity index (χ4v) is 2.72. The van der Waals surface area contributed by atoms with Crippen LogP contribution in [0.3, 0.4) is 0 Å². The predicted molar refractivity (Wildman–Crippen MR) is 85.5 cm³/mol. The van der Waals surface area contributed by atoms with Crippen molar-refractivity contribution in [3.8, 4) is 0 Å². The number of aliphatic imine (C=N–C) groups is 1. The maximum Gasteiger partial charge on any atom is 0.230 e. The molecule has 1 aliphatic heterocycles. The topological polar surface area (TPSA) is 88.2 Å². The van der Waals surface area contributed by atoms with Crippen LogP contribution in [0.15, 0.2) is 23.2 Å². The lowest BCUT2D eigenvalue weighted by Crippen LogP contribution is -2.27. The van der Waals surface area contributed by atoms with E-state index < -0.39 is 0 Å². The number of guanidine groups is 1. The largest absolute Gasteiger partial charge is 0.370 e. The molecule has 110 valence electrons. The van der Waals surface area contributed by atoms with Crippen molar-refractivity contribution >= 4 is 22.8 Å². The third kappa shape index (κ3) is 2.95. The number of aryl methyl sites for hydroxylation is 2. The first kappa shape index (κ1) is 13.8. The highest BCUT2D eigenvalue weighted by molar-refractivity contribution is 5.92. The summed E-state index contributed by atoms with van der Waals surface area (Å²) >= 11 is 0. The van der Waals surface area contributed by atoms with Gasteiger partial charge in [0.15, 0.2) is 5.96 Å². The van der Waals surface area contributed by atoms with Crippen LogP contribution in [0.2, 0.25) is 0 Å². The van der Waals surface area contributed by atoms with Gasteiger partial charge in [-0.05, 0) is 38.4 Å². The molecule has 0 bridgehead atoms. The van der Waals surface area contributed by atoms with Gasteiger partial charge in [-0.25, -0.2) is 15.0 Å². The van der Waals surface area contributed by atoms with Crippen molar-refractivity contribution in [2.24, 2.45) is 10.7 Å². The number of nitrogens with one attached hydrogen (secondary N) is 2. The quantitative estimate of drug-likeness (QED) is 0.572. The van der Waals surface area contributed by atoms with Crippen molar-refractivity contribution in [2.45, 2.75) is 26.3 Å². The summed E-state index contributed by atoms with van der Waals surface area (Å²) in [5.41, 5.74) is 8.97. The average molecular weight is 284 g/mol. The number of benzene rings is 1. The summed E-state index contributed by atoms with van der Waals surface area (Å²) in [6.45, 7) is 5.91. The molecule has 1 aromatic heterocycles. The molecule has 4 N–H and O–H groups in total. The van der Waals surface area contributed by atoms with E-state index in [1.54, 1.807) is 0 Å². The summed E-state index contributed by atoms with van der Waals surface area (Å²) in [5.74, 6) is 0.868. The normalized spacial score (nSPS) is 19.1. The van der Waals surface area contributed by atoms with E-state index in [0.717, 1.165) is 36.1 Å². The molecule has 21 heavy (non-hydrogen) atoms. The second kappa shape index (κ2) is 5.65. The van der Waals surface area contributed by atoms with E-state index in [9.17, 15) is 0 Å². The van der Waals surface area contributed by atoms with Crippen molar-refractivity contribution in [1.29, 1.82) is 0 Å². The molecule has 1 aromatic carbocycles. The summed E-state index contributed by atoms with van der Waals surface area (Å²) in [4.78, 5) is 13.4. The highest BCUT2D eigenvalue weighted by Crippen LogP contribution is 2.20. The Hall–Kier alpha value is -2.21. The summed E-state index contributed by atoms with van der Waals surface area (Å²) in [6.07, 6.45) is 1.01. The first-order valence-corrected chi connectivity index (χ1v) is 7.18.